The second-order valence-electron chi connectivity index (χ2n) is 6.59. The number of hydrogen-bond acceptors (Lipinski definition) is 1. The Bertz CT molecular complexity index is 494. The number of carbonyl (C=O) groups is 1. The van der Waals surface area contributed by atoms with E-state index in [0.717, 1.165) is 31.2 Å². The molecule has 2 aliphatic rings. The average molecular weight is 257 g/mol. The van der Waals surface area contributed by atoms with Crippen LogP contribution in [0.25, 0.3) is 0 Å². The molecule has 0 fully saturated rings. The van der Waals surface area contributed by atoms with E-state index in [1.54, 1.807) is 0 Å². The Labute approximate surface area is 115 Å². The zero-order chi connectivity index (χ0) is 13.6. The van der Waals surface area contributed by atoms with Crippen LogP contribution in [-0.4, -0.2) is 5.91 Å². The Hall–Kier alpha value is -1.31. The lowest BCUT2D eigenvalue weighted by molar-refractivity contribution is 0.0997. The van der Waals surface area contributed by atoms with Gasteiger partial charge in [0.05, 0.1) is 0 Å². The van der Waals surface area contributed by atoms with Gasteiger partial charge in [0.2, 0.25) is 5.91 Å². The van der Waals surface area contributed by atoms with Gasteiger partial charge in [-0.1, -0.05) is 19.9 Å². The molecular formula is C17H23NO. The minimum absolute atomic E-state index is 0.212. The Morgan fingerprint density at radius 3 is 1.95 bits per heavy atom. The topological polar surface area (TPSA) is 43.1 Å². The Morgan fingerprint density at radius 1 is 1.05 bits per heavy atom. The largest absolute Gasteiger partial charge is 0.366 e. The third kappa shape index (κ3) is 2.18. The maximum absolute atomic E-state index is 12.0. The summed E-state index contributed by atoms with van der Waals surface area (Å²) in [6.07, 6.45) is 6.74. The molecule has 0 aliphatic heterocycles. The number of aryl methyl sites for hydroxylation is 2. The van der Waals surface area contributed by atoms with Crippen molar-refractivity contribution in [2.45, 2.75) is 52.4 Å². The molecule has 102 valence electrons. The van der Waals surface area contributed by atoms with Crippen LogP contribution in [0.4, 0.5) is 0 Å². The molecule has 1 aromatic carbocycles. The molecule has 0 aromatic heterocycles. The van der Waals surface area contributed by atoms with E-state index in [2.05, 4.69) is 19.9 Å². The van der Waals surface area contributed by atoms with Crippen LogP contribution < -0.4 is 5.73 Å². The number of rotatable bonds is 1. The lowest BCUT2D eigenvalue weighted by Crippen LogP contribution is -2.26. The number of amides is 1. The molecule has 2 aliphatic carbocycles. The minimum atomic E-state index is -0.212. The number of primary amides is 1. The van der Waals surface area contributed by atoms with Crippen molar-refractivity contribution in [2.24, 2.45) is 17.6 Å². The first-order chi connectivity index (χ1) is 9.06. The molecule has 3 rings (SSSR count). The third-order valence-electron chi connectivity index (χ3n) is 4.89. The van der Waals surface area contributed by atoms with Crippen LogP contribution in [0.2, 0.25) is 0 Å². The number of nitrogens with two attached hydrogens (primary N) is 1. The minimum Gasteiger partial charge on any atom is -0.366 e. The van der Waals surface area contributed by atoms with Gasteiger partial charge in [-0.2, -0.15) is 0 Å². The van der Waals surface area contributed by atoms with Gasteiger partial charge in [-0.25, -0.2) is 0 Å². The van der Waals surface area contributed by atoms with Gasteiger partial charge in [0, 0.05) is 5.56 Å². The highest BCUT2D eigenvalue weighted by molar-refractivity contribution is 5.97. The fourth-order valence-electron chi connectivity index (χ4n) is 3.80. The highest BCUT2D eigenvalue weighted by Gasteiger charge is 2.28. The molecule has 0 saturated heterocycles. The quantitative estimate of drug-likeness (QED) is 0.825. The van der Waals surface area contributed by atoms with Crippen LogP contribution in [0.5, 0.6) is 0 Å². The van der Waals surface area contributed by atoms with Crippen LogP contribution in [0.1, 0.15) is 59.3 Å². The van der Waals surface area contributed by atoms with Gasteiger partial charge in [0.1, 0.15) is 0 Å². The zero-order valence-electron chi connectivity index (χ0n) is 12.0. The maximum Gasteiger partial charge on any atom is 0.249 e. The standard InChI is InChI=1S/C17H23NO/c1-10-3-5-12-9-13-6-4-11(2)8-15(13)16(17(18)19)14(12)7-10/h9-11H,3-8H2,1-2H3,(H2,18,19). The number of fused-ring (bicyclic) bond motifs is 2. The number of benzene rings is 1. The number of hydrogen-bond donors (Lipinski definition) is 1. The van der Waals surface area contributed by atoms with Crippen molar-refractivity contribution >= 4 is 5.91 Å². The third-order valence-corrected chi connectivity index (χ3v) is 4.89. The summed E-state index contributed by atoms with van der Waals surface area (Å²) >= 11 is 0. The molecule has 0 saturated carbocycles. The highest BCUT2D eigenvalue weighted by atomic mass is 16.1. The van der Waals surface area contributed by atoms with E-state index in [1.165, 1.54) is 35.1 Å². The fraction of sp³-hybridized carbons (Fsp3) is 0.588. The average Bonchev–Trinajstić information content (AvgIpc) is 2.35. The van der Waals surface area contributed by atoms with Crippen LogP contribution >= 0.6 is 0 Å². The summed E-state index contributed by atoms with van der Waals surface area (Å²) in [6, 6.07) is 2.37. The second kappa shape index (κ2) is 4.66. The van der Waals surface area contributed by atoms with Gasteiger partial charge in [0.15, 0.2) is 0 Å². The molecular weight excluding hydrogens is 234 g/mol. The lowest BCUT2D eigenvalue weighted by atomic mass is 9.74. The van der Waals surface area contributed by atoms with E-state index >= 15 is 0 Å². The molecule has 0 bridgehead atoms. The molecule has 2 N–H and O–H groups in total. The van der Waals surface area contributed by atoms with Crippen molar-refractivity contribution in [1.29, 1.82) is 0 Å². The molecule has 1 amide bonds. The molecule has 1 aromatic rings. The fourth-order valence-corrected chi connectivity index (χ4v) is 3.80. The summed E-state index contributed by atoms with van der Waals surface area (Å²) in [7, 11) is 0. The smallest absolute Gasteiger partial charge is 0.249 e. The first-order valence-corrected chi connectivity index (χ1v) is 7.52. The number of carbonyl (C=O) groups excluding carboxylic acids is 1. The van der Waals surface area contributed by atoms with Gasteiger partial charge in [-0.05, 0) is 72.6 Å². The van der Waals surface area contributed by atoms with Crippen LogP contribution in [0.15, 0.2) is 6.07 Å². The summed E-state index contributed by atoms with van der Waals surface area (Å²) in [4.78, 5) is 12.0. The predicted octanol–water partition coefficient (Wildman–Crippen LogP) is 3.04. The molecule has 2 unspecified atom stereocenters. The Kier molecular flexibility index (Phi) is 3.12. The van der Waals surface area contributed by atoms with E-state index < -0.39 is 0 Å². The van der Waals surface area contributed by atoms with Gasteiger partial charge in [0.25, 0.3) is 0 Å². The van der Waals surface area contributed by atoms with E-state index in [-0.39, 0.29) is 5.91 Å². The summed E-state index contributed by atoms with van der Waals surface area (Å²) < 4.78 is 0. The van der Waals surface area contributed by atoms with Crippen molar-refractivity contribution in [3.8, 4) is 0 Å². The highest BCUT2D eigenvalue weighted by Crippen LogP contribution is 2.36. The zero-order valence-corrected chi connectivity index (χ0v) is 12.0. The summed E-state index contributed by atoms with van der Waals surface area (Å²) in [6.45, 7) is 4.55. The van der Waals surface area contributed by atoms with Gasteiger partial charge in [-0.15, -0.1) is 0 Å². The molecule has 2 nitrogen and oxygen atoms in total. The summed E-state index contributed by atoms with van der Waals surface area (Å²) in [5, 5.41) is 0. The summed E-state index contributed by atoms with van der Waals surface area (Å²) in [5.41, 5.74) is 11.9. The van der Waals surface area contributed by atoms with Crippen LogP contribution in [-0.2, 0) is 25.7 Å². The lowest BCUT2D eigenvalue weighted by Gasteiger charge is -2.30. The van der Waals surface area contributed by atoms with Crippen molar-refractivity contribution in [2.75, 3.05) is 0 Å². The predicted molar refractivity (Wildman–Crippen MR) is 77.3 cm³/mol. The van der Waals surface area contributed by atoms with Gasteiger partial charge >= 0.3 is 0 Å². The normalized spacial score (nSPS) is 25.6. The van der Waals surface area contributed by atoms with Gasteiger partial charge < -0.3 is 5.73 Å². The van der Waals surface area contributed by atoms with E-state index in [4.69, 9.17) is 5.73 Å². The SMILES string of the molecule is CC1CCc2cc3c(c(C(N)=O)c2C1)CC(C)CC3. The van der Waals surface area contributed by atoms with Crippen molar-refractivity contribution in [3.63, 3.8) is 0 Å². The molecule has 2 atom stereocenters. The first-order valence-electron chi connectivity index (χ1n) is 7.52. The van der Waals surface area contributed by atoms with E-state index in [1.807, 2.05) is 0 Å². The Morgan fingerprint density at radius 2 is 1.53 bits per heavy atom. The van der Waals surface area contributed by atoms with Crippen molar-refractivity contribution in [3.05, 3.63) is 33.9 Å². The molecule has 19 heavy (non-hydrogen) atoms. The Balaban J connectivity index is 2.19. The first kappa shape index (κ1) is 12.7. The van der Waals surface area contributed by atoms with Gasteiger partial charge in [-0.3, -0.25) is 4.79 Å². The molecule has 0 spiro atoms. The monoisotopic (exact) mass is 257 g/mol. The second-order valence-corrected chi connectivity index (χ2v) is 6.59. The van der Waals surface area contributed by atoms with Crippen molar-refractivity contribution in [1.82, 2.24) is 0 Å². The van der Waals surface area contributed by atoms with E-state index in [0.29, 0.717) is 11.8 Å². The molecule has 0 heterocycles. The van der Waals surface area contributed by atoms with Crippen LogP contribution in [0, 0.1) is 11.8 Å². The molecule has 0 radical (unpaired) electrons. The summed E-state index contributed by atoms with van der Waals surface area (Å²) in [5.74, 6) is 1.13. The van der Waals surface area contributed by atoms with Crippen LogP contribution in [0.3, 0.4) is 0 Å². The van der Waals surface area contributed by atoms with Crippen molar-refractivity contribution < 1.29 is 4.79 Å². The maximum atomic E-state index is 12.0. The molecule has 2 heteroatoms. The van der Waals surface area contributed by atoms with E-state index in [9.17, 15) is 4.79 Å².